The molecule has 0 amide bonds. The van der Waals surface area contributed by atoms with Gasteiger partial charge in [-0.05, 0) is 18.0 Å². The Kier molecular flexibility index (Phi) is 4.24. The molecule has 0 radical (unpaired) electrons. The maximum absolute atomic E-state index is 11.6. The number of hydrogen-bond donors (Lipinski definition) is 1. The Hall–Kier alpha value is -1.16. The lowest BCUT2D eigenvalue weighted by atomic mass is 9.86. The quantitative estimate of drug-likeness (QED) is 0.836. The highest BCUT2D eigenvalue weighted by atomic mass is 16.1. The summed E-state index contributed by atoms with van der Waals surface area (Å²) in [5.74, 6) is 0. The molecule has 0 aromatic carbocycles. The maximum Gasteiger partial charge on any atom is 0.266 e. The van der Waals surface area contributed by atoms with E-state index < -0.39 is 0 Å². The fourth-order valence-corrected chi connectivity index (χ4v) is 1.59. The van der Waals surface area contributed by atoms with Crippen molar-refractivity contribution in [3.05, 3.63) is 28.7 Å². The molecule has 0 bridgehead atoms. The van der Waals surface area contributed by atoms with Crippen LogP contribution in [0.2, 0.25) is 0 Å². The van der Waals surface area contributed by atoms with Crippen molar-refractivity contribution in [3.63, 3.8) is 0 Å². The minimum Gasteiger partial charge on any atom is -0.312 e. The zero-order valence-electron chi connectivity index (χ0n) is 10.5. The zero-order valence-corrected chi connectivity index (χ0v) is 10.5. The number of nitrogens with zero attached hydrogens (tertiary/aromatic N) is 2. The Balaban J connectivity index is 2.84. The lowest BCUT2D eigenvalue weighted by molar-refractivity contribution is 0.235. The van der Waals surface area contributed by atoms with Gasteiger partial charge in [-0.2, -0.15) is 5.10 Å². The lowest BCUT2D eigenvalue weighted by Crippen LogP contribution is -2.45. The van der Waals surface area contributed by atoms with Gasteiger partial charge in [-0.3, -0.25) is 4.79 Å². The average molecular weight is 223 g/mol. The SMILES string of the molecule is CCNC(Cn1ncccc1=O)C(C)(C)C. The van der Waals surface area contributed by atoms with Crippen molar-refractivity contribution in [2.45, 2.75) is 40.3 Å². The van der Waals surface area contributed by atoms with E-state index >= 15 is 0 Å². The van der Waals surface area contributed by atoms with Gasteiger partial charge >= 0.3 is 0 Å². The molecule has 16 heavy (non-hydrogen) atoms. The van der Waals surface area contributed by atoms with Crippen LogP contribution in [0.15, 0.2) is 23.1 Å². The fraction of sp³-hybridized carbons (Fsp3) is 0.667. The second kappa shape index (κ2) is 5.25. The largest absolute Gasteiger partial charge is 0.312 e. The summed E-state index contributed by atoms with van der Waals surface area (Å²) >= 11 is 0. The lowest BCUT2D eigenvalue weighted by Gasteiger charge is -2.31. The summed E-state index contributed by atoms with van der Waals surface area (Å²) in [6, 6.07) is 3.45. The second-order valence-corrected chi connectivity index (χ2v) is 5.02. The molecule has 0 aliphatic carbocycles. The van der Waals surface area contributed by atoms with Crippen molar-refractivity contribution in [1.29, 1.82) is 0 Å². The molecule has 0 aliphatic heterocycles. The van der Waals surface area contributed by atoms with Gasteiger partial charge in [-0.25, -0.2) is 4.68 Å². The van der Waals surface area contributed by atoms with E-state index in [4.69, 9.17) is 0 Å². The monoisotopic (exact) mass is 223 g/mol. The van der Waals surface area contributed by atoms with E-state index in [1.807, 2.05) is 0 Å². The highest BCUT2D eigenvalue weighted by Gasteiger charge is 2.24. The molecule has 1 N–H and O–H groups in total. The summed E-state index contributed by atoms with van der Waals surface area (Å²) in [4.78, 5) is 11.6. The molecule has 4 nitrogen and oxygen atoms in total. The van der Waals surface area contributed by atoms with Crippen LogP contribution in [0.5, 0.6) is 0 Å². The van der Waals surface area contributed by atoms with Crippen molar-refractivity contribution in [2.75, 3.05) is 6.54 Å². The van der Waals surface area contributed by atoms with E-state index in [9.17, 15) is 4.79 Å². The number of nitrogens with one attached hydrogen (secondary N) is 1. The molecule has 0 saturated heterocycles. The first-order valence-electron chi connectivity index (χ1n) is 5.70. The van der Waals surface area contributed by atoms with Crippen molar-refractivity contribution in [2.24, 2.45) is 5.41 Å². The van der Waals surface area contributed by atoms with Gasteiger partial charge in [0.05, 0.1) is 6.54 Å². The Labute approximate surface area is 96.7 Å². The van der Waals surface area contributed by atoms with Crippen LogP contribution < -0.4 is 10.9 Å². The van der Waals surface area contributed by atoms with Gasteiger partial charge in [-0.1, -0.05) is 27.7 Å². The van der Waals surface area contributed by atoms with Gasteiger partial charge in [0, 0.05) is 18.3 Å². The topological polar surface area (TPSA) is 46.9 Å². The van der Waals surface area contributed by atoms with Crippen molar-refractivity contribution in [3.8, 4) is 0 Å². The Morgan fingerprint density at radius 3 is 2.69 bits per heavy atom. The Morgan fingerprint density at radius 2 is 2.19 bits per heavy atom. The molecule has 1 unspecified atom stereocenters. The summed E-state index contributed by atoms with van der Waals surface area (Å²) in [6.45, 7) is 10.1. The van der Waals surface area contributed by atoms with Crippen molar-refractivity contribution < 1.29 is 0 Å². The molecule has 1 heterocycles. The summed E-state index contributed by atoms with van der Waals surface area (Å²) in [5.41, 5.74) is 0.0575. The fourth-order valence-electron chi connectivity index (χ4n) is 1.59. The van der Waals surface area contributed by atoms with Gasteiger partial charge in [0.1, 0.15) is 0 Å². The van der Waals surface area contributed by atoms with E-state index in [-0.39, 0.29) is 17.0 Å². The average Bonchev–Trinajstić information content (AvgIpc) is 2.19. The van der Waals surface area contributed by atoms with Crippen LogP contribution >= 0.6 is 0 Å². The number of rotatable bonds is 4. The van der Waals surface area contributed by atoms with Crippen LogP contribution in [0, 0.1) is 5.41 Å². The Morgan fingerprint density at radius 1 is 1.50 bits per heavy atom. The molecule has 1 aromatic rings. The predicted molar refractivity (Wildman–Crippen MR) is 65.4 cm³/mol. The summed E-state index contributed by atoms with van der Waals surface area (Å²) in [5, 5.41) is 7.48. The molecule has 4 heteroatoms. The normalized spacial score (nSPS) is 13.8. The number of likely N-dealkylation sites (N-methyl/N-ethyl adjacent to an activating group) is 1. The molecule has 90 valence electrons. The van der Waals surface area contributed by atoms with Gasteiger partial charge in [0.25, 0.3) is 5.56 Å². The van der Waals surface area contributed by atoms with Gasteiger partial charge in [0.15, 0.2) is 0 Å². The van der Waals surface area contributed by atoms with Crippen LogP contribution in [-0.2, 0) is 6.54 Å². The van der Waals surface area contributed by atoms with Crippen LogP contribution in [-0.4, -0.2) is 22.4 Å². The third-order valence-electron chi connectivity index (χ3n) is 2.64. The summed E-state index contributed by atoms with van der Waals surface area (Å²) in [7, 11) is 0. The molecule has 1 aromatic heterocycles. The van der Waals surface area contributed by atoms with E-state index in [2.05, 4.69) is 38.1 Å². The maximum atomic E-state index is 11.6. The van der Waals surface area contributed by atoms with E-state index in [1.54, 1.807) is 18.3 Å². The number of hydrogen-bond acceptors (Lipinski definition) is 3. The third-order valence-corrected chi connectivity index (χ3v) is 2.64. The van der Waals surface area contributed by atoms with Crippen LogP contribution in [0.1, 0.15) is 27.7 Å². The zero-order chi connectivity index (χ0) is 12.2. The first-order chi connectivity index (χ1) is 7.45. The van der Waals surface area contributed by atoms with Crippen LogP contribution in [0.4, 0.5) is 0 Å². The third kappa shape index (κ3) is 3.45. The molecule has 1 rings (SSSR count). The standard InChI is InChI=1S/C12H21N3O/c1-5-13-10(12(2,3)4)9-15-11(16)7-6-8-14-15/h6-8,10,13H,5,9H2,1-4H3. The van der Waals surface area contributed by atoms with Crippen LogP contribution in [0.3, 0.4) is 0 Å². The van der Waals surface area contributed by atoms with Crippen molar-refractivity contribution in [1.82, 2.24) is 15.1 Å². The van der Waals surface area contributed by atoms with Gasteiger partial charge in [0.2, 0.25) is 0 Å². The summed E-state index contributed by atoms with van der Waals surface area (Å²) < 4.78 is 1.51. The summed E-state index contributed by atoms with van der Waals surface area (Å²) in [6.07, 6.45) is 1.65. The molecule has 0 fully saturated rings. The minimum absolute atomic E-state index is 0.0466. The van der Waals surface area contributed by atoms with E-state index in [0.29, 0.717) is 6.54 Å². The molecule has 0 aliphatic rings. The van der Waals surface area contributed by atoms with E-state index in [1.165, 1.54) is 4.68 Å². The molecule has 0 spiro atoms. The smallest absolute Gasteiger partial charge is 0.266 e. The number of aromatic nitrogens is 2. The molecular formula is C12H21N3O. The van der Waals surface area contributed by atoms with E-state index in [0.717, 1.165) is 6.54 Å². The van der Waals surface area contributed by atoms with Gasteiger partial charge in [-0.15, -0.1) is 0 Å². The first kappa shape index (κ1) is 12.9. The first-order valence-corrected chi connectivity index (χ1v) is 5.70. The minimum atomic E-state index is -0.0466. The highest BCUT2D eigenvalue weighted by Crippen LogP contribution is 2.19. The molecular weight excluding hydrogens is 202 g/mol. The predicted octanol–water partition coefficient (Wildman–Crippen LogP) is 1.27. The highest BCUT2D eigenvalue weighted by molar-refractivity contribution is 4.87. The van der Waals surface area contributed by atoms with Crippen LogP contribution in [0.25, 0.3) is 0 Å². The van der Waals surface area contributed by atoms with Crippen molar-refractivity contribution >= 4 is 0 Å². The van der Waals surface area contributed by atoms with Gasteiger partial charge < -0.3 is 5.32 Å². The Bertz CT molecular complexity index is 378. The molecule has 0 saturated carbocycles. The molecule has 1 atom stereocenters. The second-order valence-electron chi connectivity index (χ2n) is 5.02.